The van der Waals surface area contributed by atoms with Crippen LogP contribution in [0.3, 0.4) is 0 Å². The van der Waals surface area contributed by atoms with Crippen LogP contribution in [0.2, 0.25) is 0 Å². The smallest absolute Gasteiger partial charge is 0.192 e. The van der Waals surface area contributed by atoms with Crippen LogP contribution in [0.1, 0.15) is 45.5 Å². The first-order chi connectivity index (χ1) is 19.7. The van der Waals surface area contributed by atoms with E-state index >= 15 is 0 Å². The van der Waals surface area contributed by atoms with Gasteiger partial charge in [-0.2, -0.15) is 19.5 Å². The van der Waals surface area contributed by atoms with E-state index in [0.29, 0.717) is 11.1 Å². The highest BCUT2D eigenvalue weighted by Crippen LogP contribution is 2.51. The summed E-state index contributed by atoms with van der Waals surface area (Å²) in [6.07, 6.45) is 5.30. The summed E-state index contributed by atoms with van der Waals surface area (Å²) in [7, 11) is 0. The summed E-state index contributed by atoms with van der Waals surface area (Å²) >= 11 is 0. The molecule has 0 N–H and O–H groups in total. The van der Waals surface area contributed by atoms with Gasteiger partial charge in [0.1, 0.15) is 6.07 Å². The quantitative estimate of drug-likeness (QED) is 0.187. The second kappa shape index (κ2) is 8.34. The molecule has 4 heteroatoms. The van der Waals surface area contributed by atoms with Gasteiger partial charge in [-0.1, -0.05) is 48.5 Å². The Morgan fingerprint density at radius 1 is 0.725 bits per heavy atom. The maximum atomic E-state index is 10.2. The van der Waals surface area contributed by atoms with Crippen LogP contribution in [0.25, 0.3) is 38.7 Å². The van der Waals surface area contributed by atoms with Crippen molar-refractivity contribution in [1.82, 2.24) is 0 Å². The Morgan fingerprint density at radius 2 is 1.48 bits per heavy atom. The van der Waals surface area contributed by atoms with Crippen LogP contribution in [-0.4, -0.2) is 0 Å². The minimum absolute atomic E-state index is 0.0124. The van der Waals surface area contributed by atoms with E-state index in [0.717, 1.165) is 34.4 Å². The molecule has 6 aromatic rings. The molecule has 4 nitrogen and oxygen atoms in total. The highest BCUT2D eigenvalue weighted by Gasteiger charge is 2.54. The fourth-order valence-electron chi connectivity index (χ4n) is 7.16. The van der Waals surface area contributed by atoms with Gasteiger partial charge in [0, 0.05) is 28.8 Å². The van der Waals surface area contributed by atoms with E-state index in [1.54, 1.807) is 6.07 Å². The van der Waals surface area contributed by atoms with Crippen molar-refractivity contribution in [3.05, 3.63) is 137 Å². The average molecular weight is 513 g/mol. The Labute approximate surface area is 232 Å². The molecule has 3 aromatic heterocycles. The van der Waals surface area contributed by atoms with Crippen LogP contribution in [0.4, 0.5) is 0 Å². The molecular formula is C36H24N4+2. The van der Waals surface area contributed by atoms with Gasteiger partial charge in [-0.3, -0.25) is 0 Å². The van der Waals surface area contributed by atoms with Crippen molar-refractivity contribution in [2.75, 3.05) is 0 Å². The lowest BCUT2D eigenvalue weighted by Crippen LogP contribution is -2.50. The van der Waals surface area contributed by atoms with Crippen LogP contribution >= 0.6 is 0 Å². The van der Waals surface area contributed by atoms with Gasteiger partial charge in [-0.25, -0.2) is 0 Å². The molecule has 40 heavy (non-hydrogen) atoms. The Bertz CT molecular complexity index is 2130. The van der Waals surface area contributed by atoms with Gasteiger partial charge in [-0.15, -0.1) is 0 Å². The maximum Gasteiger partial charge on any atom is 0.261 e. The molecule has 3 aromatic carbocycles. The van der Waals surface area contributed by atoms with Crippen molar-refractivity contribution >= 4 is 16.3 Å². The van der Waals surface area contributed by atoms with Crippen LogP contribution in [-0.2, 0) is 6.42 Å². The number of nitrogens with zero attached hydrogens (tertiary/aromatic N) is 4. The molecule has 0 saturated carbocycles. The topological polar surface area (TPSA) is 55.6 Å². The van der Waals surface area contributed by atoms with Crippen LogP contribution in [0, 0.1) is 29.6 Å². The summed E-state index contributed by atoms with van der Waals surface area (Å²) in [6.45, 7) is 2.11. The van der Waals surface area contributed by atoms with Gasteiger partial charge in [0.05, 0.1) is 34.1 Å². The van der Waals surface area contributed by atoms with Crippen molar-refractivity contribution < 1.29 is 8.97 Å². The number of fused-ring (bicyclic) bond motifs is 13. The standard InChI is InChI=1S/C36H24N4/c1-22-11-15-32-34-25(19-38)13-12-24(18-37)33(34)30-17-29-27-9-5-6-10-28(27)31-16-14-26(23-7-3-2-4-8-23)21-40(31)35(29)36(30)39(32)20-22/h2-16,20-21,30,36H,17H2,1H3/q+2. The molecule has 2 aliphatic rings. The minimum atomic E-state index is -0.0124. The van der Waals surface area contributed by atoms with Crippen molar-refractivity contribution in [2.24, 2.45) is 0 Å². The van der Waals surface area contributed by atoms with E-state index in [1.165, 1.54) is 33.1 Å². The summed E-state index contributed by atoms with van der Waals surface area (Å²) in [5.41, 5.74) is 11.4. The molecule has 1 aliphatic heterocycles. The Hall–Kier alpha value is -5.32. The molecule has 0 saturated heterocycles. The Morgan fingerprint density at radius 3 is 2.27 bits per heavy atom. The summed E-state index contributed by atoms with van der Waals surface area (Å²) < 4.78 is 4.77. The van der Waals surface area contributed by atoms with Gasteiger partial charge in [0.15, 0.2) is 12.4 Å². The maximum absolute atomic E-state index is 10.2. The number of hydrogen-bond donors (Lipinski definition) is 0. The lowest BCUT2D eigenvalue weighted by Gasteiger charge is -2.26. The van der Waals surface area contributed by atoms with Crippen LogP contribution < -0.4 is 8.97 Å². The van der Waals surface area contributed by atoms with E-state index in [4.69, 9.17) is 0 Å². The molecule has 1 aliphatic carbocycles. The average Bonchev–Trinajstić information content (AvgIpc) is 3.42. The summed E-state index contributed by atoms with van der Waals surface area (Å²) in [5, 5.41) is 22.9. The monoisotopic (exact) mass is 512 g/mol. The first kappa shape index (κ1) is 22.6. The number of rotatable bonds is 1. The zero-order valence-electron chi connectivity index (χ0n) is 22.0. The predicted molar refractivity (Wildman–Crippen MR) is 153 cm³/mol. The lowest BCUT2D eigenvalue weighted by atomic mass is 9.79. The predicted octanol–water partition coefficient (Wildman–Crippen LogP) is 6.49. The van der Waals surface area contributed by atoms with E-state index in [9.17, 15) is 10.5 Å². The minimum Gasteiger partial charge on any atom is -0.192 e. The third-order valence-electron chi connectivity index (χ3n) is 8.78. The SMILES string of the molecule is Cc1ccc2[n+](c1)C1c3c(c4ccccc4c4ccc(-c5ccccc5)c[n+]34)CC1c1c(C#N)ccc(C#N)c1-2. The number of aryl methyl sites for hydroxylation is 1. The van der Waals surface area contributed by atoms with Crippen molar-refractivity contribution in [3.8, 4) is 34.5 Å². The fourth-order valence-corrected chi connectivity index (χ4v) is 7.16. The highest BCUT2D eigenvalue weighted by atomic mass is 15.1. The molecule has 2 atom stereocenters. The molecule has 4 heterocycles. The summed E-state index contributed by atoms with van der Waals surface area (Å²) in [6, 6.07) is 36.4. The first-order valence-electron chi connectivity index (χ1n) is 13.6. The van der Waals surface area contributed by atoms with E-state index in [-0.39, 0.29) is 12.0 Å². The first-order valence-corrected chi connectivity index (χ1v) is 13.6. The van der Waals surface area contributed by atoms with Gasteiger partial charge in [0.2, 0.25) is 17.3 Å². The molecule has 186 valence electrons. The van der Waals surface area contributed by atoms with Gasteiger partial charge in [-0.05, 0) is 60.2 Å². The third-order valence-corrected chi connectivity index (χ3v) is 8.78. The highest BCUT2D eigenvalue weighted by molar-refractivity contribution is 5.97. The molecule has 0 spiro atoms. The van der Waals surface area contributed by atoms with Gasteiger partial charge in [0.25, 0.3) is 5.69 Å². The molecule has 2 unspecified atom stereocenters. The summed E-state index contributed by atoms with van der Waals surface area (Å²) in [5.74, 6) is 0.0362. The number of benzene rings is 3. The largest absolute Gasteiger partial charge is 0.261 e. The lowest BCUT2D eigenvalue weighted by molar-refractivity contribution is -0.724. The third kappa shape index (κ3) is 2.99. The molecular weight excluding hydrogens is 488 g/mol. The zero-order valence-corrected chi connectivity index (χ0v) is 22.0. The van der Waals surface area contributed by atoms with Crippen LogP contribution in [0.15, 0.2) is 103 Å². The molecule has 0 bridgehead atoms. The summed E-state index contributed by atoms with van der Waals surface area (Å²) in [4.78, 5) is 0. The van der Waals surface area contributed by atoms with Gasteiger partial charge >= 0.3 is 0 Å². The Kier molecular flexibility index (Phi) is 4.72. The van der Waals surface area contributed by atoms with Crippen molar-refractivity contribution in [3.63, 3.8) is 0 Å². The molecule has 0 fully saturated rings. The number of nitriles is 2. The fraction of sp³-hybridized carbons (Fsp3) is 0.111. The second-order valence-corrected chi connectivity index (χ2v) is 10.9. The van der Waals surface area contributed by atoms with Crippen molar-refractivity contribution in [1.29, 1.82) is 10.5 Å². The molecule has 0 radical (unpaired) electrons. The van der Waals surface area contributed by atoms with Crippen LogP contribution in [0.5, 0.6) is 0 Å². The zero-order chi connectivity index (χ0) is 27.0. The van der Waals surface area contributed by atoms with E-state index in [2.05, 4.69) is 113 Å². The van der Waals surface area contributed by atoms with E-state index in [1.807, 2.05) is 12.1 Å². The molecule has 0 amide bonds. The number of aromatic nitrogens is 2. The normalized spacial score (nSPS) is 16.5. The second-order valence-electron chi connectivity index (χ2n) is 10.9. The van der Waals surface area contributed by atoms with Crippen molar-refractivity contribution in [2.45, 2.75) is 25.3 Å². The number of hydrogen-bond acceptors (Lipinski definition) is 2. The number of pyridine rings is 3. The van der Waals surface area contributed by atoms with E-state index < -0.39 is 0 Å². The van der Waals surface area contributed by atoms with Gasteiger partial charge < -0.3 is 0 Å². The molecule has 8 rings (SSSR count). The Balaban J connectivity index is 1.52.